The van der Waals surface area contributed by atoms with E-state index < -0.39 is 5.54 Å². The highest BCUT2D eigenvalue weighted by atomic mass is 16.2. The Labute approximate surface area is 104 Å². The number of nitrogens with one attached hydrogen (secondary N) is 1. The summed E-state index contributed by atoms with van der Waals surface area (Å²) in [5.41, 5.74) is -0.764. The third-order valence-corrected chi connectivity index (χ3v) is 3.24. The van der Waals surface area contributed by atoms with E-state index in [2.05, 4.69) is 19.2 Å². The van der Waals surface area contributed by atoms with Crippen LogP contribution in [-0.2, 0) is 9.59 Å². The second kappa shape index (κ2) is 5.07. The standard InChI is InChI=1S/C13H24N2O2/c1-6-10-11(16)14-13(4,5)12(17)15(10)8-7-9(2)3/h9-10H,6-8H2,1-5H3,(H,14,16). The first-order valence-electron chi connectivity index (χ1n) is 6.42. The van der Waals surface area contributed by atoms with Crippen LogP contribution >= 0.6 is 0 Å². The van der Waals surface area contributed by atoms with Crippen molar-refractivity contribution in [3.8, 4) is 0 Å². The predicted molar refractivity (Wildman–Crippen MR) is 67.5 cm³/mol. The number of rotatable bonds is 4. The van der Waals surface area contributed by atoms with Crippen LogP contribution < -0.4 is 5.32 Å². The van der Waals surface area contributed by atoms with Crippen LogP contribution in [0.3, 0.4) is 0 Å². The Balaban J connectivity index is 2.85. The van der Waals surface area contributed by atoms with Gasteiger partial charge in [-0.3, -0.25) is 9.59 Å². The van der Waals surface area contributed by atoms with E-state index in [1.807, 2.05) is 6.92 Å². The number of piperazine rings is 1. The first-order valence-corrected chi connectivity index (χ1v) is 6.42. The summed E-state index contributed by atoms with van der Waals surface area (Å²) in [5.74, 6) is 0.541. The third-order valence-electron chi connectivity index (χ3n) is 3.24. The van der Waals surface area contributed by atoms with Crippen LogP contribution in [0.15, 0.2) is 0 Å². The Kier molecular flexibility index (Phi) is 4.17. The Bertz CT molecular complexity index is 311. The summed E-state index contributed by atoms with van der Waals surface area (Å²) >= 11 is 0. The highest BCUT2D eigenvalue weighted by molar-refractivity contribution is 5.99. The highest BCUT2D eigenvalue weighted by Gasteiger charge is 2.44. The van der Waals surface area contributed by atoms with Gasteiger partial charge in [0, 0.05) is 6.54 Å². The van der Waals surface area contributed by atoms with Gasteiger partial charge in [-0.05, 0) is 32.6 Å². The molecule has 1 fully saturated rings. The molecule has 1 aliphatic rings. The molecule has 0 spiro atoms. The molecule has 2 amide bonds. The summed E-state index contributed by atoms with van der Waals surface area (Å²) < 4.78 is 0. The molecule has 0 aromatic carbocycles. The van der Waals surface area contributed by atoms with E-state index in [-0.39, 0.29) is 17.9 Å². The maximum atomic E-state index is 12.3. The molecule has 1 atom stereocenters. The molecular weight excluding hydrogens is 216 g/mol. The van der Waals surface area contributed by atoms with Crippen molar-refractivity contribution in [3.05, 3.63) is 0 Å². The average molecular weight is 240 g/mol. The Morgan fingerprint density at radius 1 is 1.35 bits per heavy atom. The van der Waals surface area contributed by atoms with Gasteiger partial charge in [0.1, 0.15) is 11.6 Å². The SMILES string of the molecule is CCC1C(=O)NC(C)(C)C(=O)N1CCC(C)C. The largest absolute Gasteiger partial charge is 0.340 e. The van der Waals surface area contributed by atoms with Crippen LogP contribution in [-0.4, -0.2) is 34.8 Å². The first kappa shape index (κ1) is 14.0. The van der Waals surface area contributed by atoms with Crippen LogP contribution in [0, 0.1) is 5.92 Å². The summed E-state index contributed by atoms with van der Waals surface area (Å²) in [6, 6.07) is -0.297. The van der Waals surface area contributed by atoms with Crippen molar-refractivity contribution in [3.63, 3.8) is 0 Å². The van der Waals surface area contributed by atoms with Gasteiger partial charge < -0.3 is 10.2 Å². The molecule has 4 heteroatoms. The molecule has 0 aromatic heterocycles. The lowest BCUT2D eigenvalue weighted by atomic mass is 9.95. The lowest BCUT2D eigenvalue weighted by Crippen LogP contribution is -2.68. The van der Waals surface area contributed by atoms with Gasteiger partial charge in [-0.25, -0.2) is 0 Å². The minimum absolute atomic E-state index is 0.0270. The van der Waals surface area contributed by atoms with Crippen LogP contribution in [0.25, 0.3) is 0 Å². The van der Waals surface area contributed by atoms with E-state index in [4.69, 9.17) is 0 Å². The molecule has 1 saturated heterocycles. The van der Waals surface area contributed by atoms with Crippen molar-refractivity contribution in [2.75, 3.05) is 6.54 Å². The zero-order valence-corrected chi connectivity index (χ0v) is 11.5. The van der Waals surface area contributed by atoms with Gasteiger partial charge in [-0.1, -0.05) is 20.8 Å². The summed E-state index contributed by atoms with van der Waals surface area (Å²) in [6.45, 7) is 10.4. The number of nitrogens with zero attached hydrogens (tertiary/aromatic N) is 1. The second-order valence-corrected chi connectivity index (χ2v) is 5.72. The fourth-order valence-corrected chi connectivity index (χ4v) is 2.15. The van der Waals surface area contributed by atoms with Gasteiger partial charge in [0.15, 0.2) is 0 Å². The van der Waals surface area contributed by atoms with E-state index in [1.54, 1.807) is 18.7 Å². The van der Waals surface area contributed by atoms with Gasteiger partial charge in [0.25, 0.3) is 0 Å². The van der Waals surface area contributed by atoms with Crippen molar-refractivity contribution in [2.45, 2.75) is 59.0 Å². The lowest BCUT2D eigenvalue weighted by Gasteiger charge is -2.42. The smallest absolute Gasteiger partial charge is 0.248 e. The quantitative estimate of drug-likeness (QED) is 0.810. The molecule has 4 nitrogen and oxygen atoms in total. The van der Waals surface area contributed by atoms with E-state index in [0.29, 0.717) is 18.9 Å². The average Bonchev–Trinajstić information content (AvgIpc) is 2.20. The monoisotopic (exact) mass is 240 g/mol. The zero-order valence-electron chi connectivity index (χ0n) is 11.5. The lowest BCUT2D eigenvalue weighted by molar-refractivity contribution is -0.153. The molecule has 1 rings (SSSR count). The first-order chi connectivity index (χ1) is 7.79. The molecule has 0 aromatic rings. The molecule has 1 N–H and O–H groups in total. The molecule has 1 unspecified atom stereocenters. The van der Waals surface area contributed by atoms with Gasteiger partial charge in [0.2, 0.25) is 11.8 Å². The highest BCUT2D eigenvalue weighted by Crippen LogP contribution is 2.20. The fourth-order valence-electron chi connectivity index (χ4n) is 2.15. The van der Waals surface area contributed by atoms with Crippen molar-refractivity contribution < 1.29 is 9.59 Å². The van der Waals surface area contributed by atoms with E-state index in [1.165, 1.54) is 0 Å². The molecule has 0 saturated carbocycles. The van der Waals surface area contributed by atoms with Crippen LogP contribution in [0.5, 0.6) is 0 Å². The Morgan fingerprint density at radius 3 is 2.41 bits per heavy atom. The van der Waals surface area contributed by atoms with Crippen molar-refractivity contribution in [2.24, 2.45) is 5.92 Å². The molecule has 17 heavy (non-hydrogen) atoms. The van der Waals surface area contributed by atoms with E-state index in [0.717, 1.165) is 6.42 Å². The molecular formula is C13H24N2O2. The second-order valence-electron chi connectivity index (χ2n) is 5.72. The minimum Gasteiger partial charge on any atom is -0.340 e. The number of carbonyl (C=O) groups excluding carboxylic acids is 2. The van der Waals surface area contributed by atoms with Crippen LogP contribution in [0.4, 0.5) is 0 Å². The maximum Gasteiger partial charge on any atom is 0.248 e. The van der Waals surface area contributed by atoms with Crippen molar-refractivity contribution in [1.29, 1.82) is 0 Å². The normalized spacial score (nSPS) is 24.1. The van der Waals surface area contributed by atoms with Gasteiger partial charge >= 0.3 is 0 Å². The summed E-state index contributed by atoms with van der Waals surface area (Å²) in [4.78, 5) is 26.0. The number of hydrogen-bond acceptors (Lipinski definition) is 2. The topological polar surface area (TPSA) is 49.4 Å². The van der Waals surface area contributed by atoms with Crippen LogP contribution in [0.2, 0.25) is 0 Å². The van der Waals surface area contributed by atoms with Gasteiger partial charge in [0.05, 0.1) is 0 Å². The number of carbonyl (C=O) groups is 2. The fraction of sp³-hybridized carbons (Fsp3) is 0.846. The Morgan fingerprint density at radius 2 is 1.94 bits per heavy atom. The maximum absolute atomic E-state index is 12.3. The summed E-state index contributed by atoms with van der Waals surface area (Å²) in [7, 11) is 0. The molecule has 0 bridgehead atoms. The third kappa shape index (κ3) is 2.99. The summed E-state index contributed by atoms with van der Waals surface area (Å²) in [6.07, 6.45) is 1.61. The zero-order chi connectivity index (χ0) is 13.2. The number of amides is 2. The number of hydrogen-bond donors (Lipinski definition) is 1. The molecule has 1 aliphatic heterocycles. The summed E-state index contributed by atoms with van der Waals surface area (Å²) in [5, 5.41) is 2.79. The molecule has 1 heterocycles. The van der Waals surface area contributed by atoms with E-state index >= 15 is 0 Å². The van der Waals surface area contributed by atoms with E-state index in [9.17, 15) is 9.59 Å². The van der Waals surface area contributed by atoms with Gasteiger partial charge in [-0.15, -0.1) is 0 Å². The molecule has 98 valence electrons. The van der Waals surface area contributed by atoms with Crippen molar-refractivity contribution in [1.82, 2.24) is 10.2 Å². The van der Waals surface area contributed by atoms with Crippen molar-refractivity contribution >= 4 is 11.8 Å². The van der Waals surface area contributed by atoms with Gasteiger partial charge in [-0.2, -0.15) is 0 Å². The predicted octanol–water partition coefficient (Wildman–Crippen LogP) is 1.55. The Hall–Kier alpha value is -1.06. The minimum atomic E-state index is -0.764. The molecule has 0 radical (unpaired) electrons. The molecule has 0 aliphatic carbocycles. The van der Waals surface area contributed by atoms with Crippen LogP contribution in [0.1, 0.15) is 47.5 Å².